The molecule has 0 saturated heterocycles. The van der Waals surface area contributed by atoms with Gasteiger partial charge in [0.05, 0.1) is 6.61 Å². The van der Waals surface area contributed by atoms with Crippen LogP contribution in [-0.2, 0) is 11.3 Å². The highest BCUT2D eigenvalue weighted by Gasteiger charge is 2.10. The molecule has 0 aromatic carbocycles. The first-order valence-electron chi connectivity index (χ1n) is 6.78. The van der Waals surface area contributed by atoms with Crippen LogP contribution in [0.3, 0.4) is 0 Å². The second kappa shape index (κ2) is 8.31. The number of rotatable bonds is 9. The number of hydrogen-bond acceptors (Lipinski definition) is 2. The lowest BCUT2D eigenvalue weighted by molar-refractivity contribution is 0.139. The lowest BCUT2D eigenvalue weighted by Gasteiger charge is -2.15. The third-order valence-electron chi connectivity index (χ3n) is 2.90. The molecule has 98 valence electrons. The van der Waals surface area contributed by atoms with Crippen LogP contribution in [0.5, 0.6) is 0 Å². The average Bonchev–Trinajstić information content (AvgIpc) is 2.78. The van der Waals surface area contributed by atoms with Crippen molar-refractivity contribution in [3.63, 3.8) is 0 Å². The zero-order valence-corrected chi connectivity index (χ0v) is 11.4. The zero-order valence-electron chi connectivity index (χ0n) is 11.4. The molecule has 0 amide bonds. The van der Waals surface area contributed by atoms with Crippen LogP contribution in [-0.4, -0.2) is 24.3 Å². The van der Waals surface area contributed by atoms with Gasteiger partial charge >= 0.3 is 0 Å². The maximum absolute atomic E-state index is 5.37. The SMILES string of the molecule is CCCC(NCC)c1ccn(CCOCC)c1. The molecule has 0 bridgehead atoms. The highest BCUT2D eigenvalue weighted by atomic mass is 16.5. The predicted molar refractivity (Wildman–Crippen MR) is 72.3 cm³/mol. The minimum atomic E-state index is 0.498. The second-order valence-electron chi connectivity index (χ2n) is 4.28. The first-order valence-corrected chi connectivity index (χ1v) is 6.78. The van der Waals surface area contributed by atoms with Gasteiger partial charge in [0, 0.05) is 31.6 Å². The molecule has 3 nitrogen and oxygen atoms in total. The predicted octanol–water partition coefficient (Wildman–Crippen LogP) is 2.98. The summed E-state index contributed by atoms with van der Waals surface area (Å²) in [6, 6.07) is 2.72. The Bertz CT molecular complexity index is 290. The number of nitrogens with one attached hydrogen (secondary N) is 1. The van der Waals surface area contributed by atoms with Crippen LogP contribution in [0, 0.1) is 0 Å². The third kappa shape index (κ3) is 4.92. The van der Waals surface area contributed by atoms with Crippen molar-refractivity contribution < 1.29 is 4.74 Å². The minimum Gasteiger partial charge on any atom is -0.380 e. The van der Waals surface area contributed by atoms with E-state index in [2.05, 4.69) is 42.2 Å². The normalized spacial score (nSPS) is 12.9. The van der Waals surface area contributed by atoms with Gasteiger partial charge in [0.2, 0.25) is 0 Å². The number of nitrogens with zero attached hydrogens (tertiary/aromatic N) is 1. The van der Waals surface area contributed by atoms with Gasteiger partial charge in [-0.15, -0.1) is 0 Å². The fraction of sp³-hybridized carbons (Fsp3) is 0.714. The van der Waals surface area contributed by atoms with Crippen molar-refractivity contribution in [1.29, 1.82) is 0 Å². The van der Waals surface area contributed by atoms with Crippen LogP contribution in [0.1, 0.15) is 45.2 Å². The fourth-order valence-electron chi connectivity index (χ4n) is 2.04. The molecule has 0 spiro atoms. The van der Waals surface area contributed by atoms with Crippen LogP contribution in [0.15, 0.2) is 18.5 Å². The lowest BCUT2D eigenvalue weighted by Crippen LogP contribution is -2.20. The van der Waals surface area contributed by atoms with E-state index < -0.39 is 0 Å². The Kier molecular flexibility index (Phi) is 6.97. The average molecular weight is 238 g/mol. The monoisotopic (exact) mass is 238 g/mol. The van der Waals surface area contributed by atoms with E-state index in [4.69, 9.17) is 4.74 Å². The molecule has 0 radical (unpaired) electrons. The molecule has 1 aromatic rings. The van der Waals surface area contributed by atoms with Crippen molar-refractivity contribution in [3.8, 4) is 0 Å². The lowest BCUT2D eigenvalue weighted by atomic mass is 10.1. The molecule has 0 saturated carbocycles. The van der Waals surface area contributed by atoms with Crippen molar-refractivity contribution in [2.75, 3.05) is 19.8 Å². The summed E-state index contributed by atoms with van der Waals surface area (Å²) in [6.45, 7) is 9.98. The van der Waals surface area contributed by atoms with Crippen LogP contribution < -0.4 is 5.32 Å². The Morgan fingerprint density at radius 1 is 1.35 bits per heavy atom. The van der Waals surface area contributed by atoms with Crippen LogP contribution in [0.25, 0.3) is 0 Å². The van der Waals surface area contributed by atoms with Crippen molar-refractivity contribution in [2.45, 2.75) is 46.2 Å². The first kappa shape index (κ1) is 14.3. The highest BCUT2D eigenvalue weighted by molar-refractivity contribution is 5.15. The maximum Gasteiger partial charge on any atom is 0.0645 e. The highest BCUT2D eigenvalue weighted by Crippen LogP contribution is 2.18. The van der Waals surface area contributed by atoms with Gasteiger partial charge in [-0.3, -0.25) is 0 Å². The summed E-state index contributed by atoms with van der Waals surface area (Å²) < 4.78 is 7.58. The molecule has 1 heterocycles. The van der Waals surface area contributed by atoms with Gasteiger partial charge < -0.3 is 14.6 Å². The zero-order chi connectivity index (χ0) is 12.5. The van der Waals surface area contributed by atoms with E-state index in [0.29, 0.717) is 6.04 Å². The standard InChI is InChI=1S/C14H26N2O/c1-4-7-14(15-5-2)13-8-9-16(12-13)10-11-17-6-3/h8-9,12,14-15H,4-7,10-11H2,1-3H3. The van der Waals surface area contributed by atoms with Crippen LogP contribution in [0.4, 0.5) is 0 Å². The van der Waals surface area contributed by atoms with E-state index in [1.54, 1.807) is 0 Å². The summed E-state index contributed by atoms with van der Waals surface area (Å²) in [5.41, 5.74) is 1.39. The molecule has 1 unspecified atom stereocenters. The molecule has 0 aliphatic rings. The summed E-state index contributed by atoms with van der Waals surface area (Å²) in [4.78, 5) is 0. The Morgan fingerprint density at radius 2 is 2.18 bits per heavy atom. The molecule has 1 rings (SSSR count). The minimum absolute atomic E-state index is 0.498. The van der Waals surface area contributed by atoms with Crippen molar-refractivity contribution in [1.82, 2.24) is 9.88 Å². The molecule has 0 aliphatic carbocycles. The van der Waals surface area contributed by atoms with Crippen LogP contribution >= 0.6 is 0 Å². The van der Waals surface area contributed by atoms with Gasteiger partial charge in [0.1, 0.15) is 0 Å². The first-order chi connectivity index (χ1) is 8.31. The molecular weight excluding hydrogens is 212 g/mol. The van der Waals surface area contributed by atoms with E-state index in [9.17, 15) is 0 Å². The smallest absolute Gasteiger partial charge is 0.0645 e. The van der Waals surface area contributed by atoms with E-state index in [0.717, 1.165) is 26.3 Å². The maximum atomic E-state index is 5.37. The molecule has 1 atom stereocenters. The van der Waals surface area contributed by atoms with E-state index in [-0.39, 0.29) is 0 Å². The number of hydrogen-bond donors (Lipinski definition) is 1. The Labute approximate surface area is 105 Å². The van der Waals surface area contributed by atoms with E-state index >= 15 is 0 Å². The molecule has 3 heteroatoms. The van der Waals surface area contributed by atoms with Gasteiger partial charge in [-0.1, -0.05) is 20.3 Å². The van der Waals surface area contributed by atoms with Crippen LogP contribution in [0.2, 0.25) is 0 Å². The Balaban J connectivity index is 2.51. The van der Waals surface area contributed by atoms with Gasteiger partial charge in [0.25, 0.3) is 0 Å². The summed E-state index contributed by atoms with van der Waals surface area (Å²) in [5.74, 6) is 0. The topological polar surface area (TPSA) is 26.2 Å². The van der Waals surface area contributed by atoms with Gasteiger partial charge in [0.15, 0.2) is 0 Å². The summed E-state index contributed by atoms with van der Waals surface area (Å²) >= 11 is 0. The van der Waals surface area contributed by atoms with E-state index in [1.807, 2.05) is 6.92 Å². The fourth-order valence-corrected chi connectivity index (χ4v) is 2.04. The van der Waals surface area contributed by atoms with Gasteiger partial charge in [-0.25, -0.2) is 0 Å². The largest absolute Gasteiger partial charge is 0.380 e. The summed E-state index contributed by atoms with van der Waals surface area (Å²) in [5, 5.41) is 3.54. The van der Waals surface area contributed by atoms with Crippen molar-refractivity contribution in [2.24, 2.45) is 0 Å². The van der Waals surface area contributed by atoms with Crippen molar-refractivity contribution in [3.05, 3.63) is 24.0 Å². The van der Waals surface area contributed by atoms with Gasteiger partial charge in [-0.05, 0) is 31.5 Å². The molecule has 0 aliphatic heterocycles. The second-order valence-corrected chi connectivity index (χ2v) is 4.28. The molecule has 1 N–H and O–H groups in total. The third-order valence-corrected chi connectivity index (χ3v) is 2.90. The number of aromatic nitrogens is 1. The molecule has 1 aromatic heterocycles. The van der Waals surface area contributed by atoms with E-state index in [1.165, 1.54) is 18.4 Å². The summed E-state index contributed by atoms with van der Waals surface area (Å²) in [7, 11) is 0. The summed E-state index contributed by atoms with van der Waals surface area (Å²) in [6.07, 6.45) is 6.79. The van der Waals surface area contributed by atoms with Gasteiger partial charge in [-0.2, -0.15) is 0 Å². The number of ether oxygens (including phenoxy) is 1. The quantitative estimate of drug-likeness (QED) is 0.669. The Morgan fingerprint density at radius 3 is 2.82 bits per heavy atom. The van der Waals surface area contributed by atoms with Crippen molar-refractivity contribution >= 4 is 0 Å². The Hall–Kier alpha value is -0.800. The molecular formula is C14H26N2O. The molecule has 17 heavy (non-hydrogen) atoms. The molecule has 0 fully saturated rings.